The first-order valence-electron chi connectivity index (χ1n) is 6.62. The summed E-state index contributed by atoms with van der Waals surface area (Å²) in [4.78, 5) is 0. The van der Waals surface area contributed by atoms with Crippen LogP contribution in [0.1, 0.15) is 32.1 Å². The van der Waals surface area contributed by atoms with Gasteiger partial charge < -0.3 is 14.8 Å². The minimum Gasteiger partial charge on any atom is -0.385 e. The molecule has 1 N–H and O–H groups in total. The third-order valence-electron chi connectivity index (χ3n) is 4.07. The van der Waals surface area contributed by atoms with Crippen LogP contribution in [0.4, 0.5) is 0 Å². The molecule has 3 heteroatoms. The Morgan fingerprint density at radius 1 is 1.31 bits per heavy atom. The number of ether oxygens (including phenoxy) is 2. The highest BCUT2D eigenvalue weighted by atomic mass is 16.5. The molecule has 1 aliphatic carbocycles. The van der Waals surface area contributed by atoms with Crippen molar-refractivity contribution in [1.82, 2.24) is 5.32 Å². The van der Waals surface area contributed by atoms with Crippen LogP contribution in [0, 0.1) is 11.3 Å². The van der Waals surface area contributed by atoms with Crippen molar-refractivity contribution in [3.05, 3.63) is 0 Å². The van der Waals surface area contributed by atoms with E-state index in [9.17, 15) is 0 Å². The van der Waals surface area contributed by atoms with Crippen LogP contribution >= 0.6 is 0 Å². The summed E-state index contributed by atoms with van der Waals surface area (Å²) in [6.45, 7) is 5.20. The third kappa shape index (κ3) is 3.72. The van der Waals surface area contributed by atoms with Gasteiger partial charge in [-0.1, -0.05) is 0 Å². The molecule has 2 fully saturated rings. The van der Waals surface area contributed by atoms with Crippen molar-refractivity contribution in [3.63, 3.8) is 0 Å². The fraction of sp³-hybridized carbons (Fsp3) is 1.00. The number of hydrogen-bond acceptors (Lipinski definition) is 3. The van der Waals surface area contributed by atoms with Gasteiger partial charge in [-0.2, -0.15) is 0 Å². The Kier molecular flexibility index (Phi) is 4.62. The maximum absolute atomic E-state index is 5.37. The van der Waals surface area contributed by atoms with Crippen molar-refractivity contribution in [1.29, 1.82) is 0 Å². The van der Waals surface area contributed by atoms with Crippen LogP contribution in [0.25, 0.3) is 0 Å². The van der Waals surface area contributed by atoms with Crippen molar-refractivity contribution in [2.75, 3.05) is 40.0 Å². The van der Waals surface area contributed by atoms with Gasteiger partial charge in [0.2, 0.25) is 0 Å². The molecule has 2 rings (SSSR count). The Morgan fingerprint density at radius 3 is 2.69 bits per heavy atom. The Labute approximate surface area is 98.9 Å². The molecule has 2 aliphatic rings. The van der Waals surface area contributed by atoms with Gasteiger partial charge in [-0.25, -0.2) is 0 Å². The van der Waals surface area contributed by atoms with Crippen LogP contribution < -0.4 is 5.32 Å². The minimum absolute atomic E-state index is 0.585. The lowest BCUT2D eigenvalue weighted by Gasteiger charge is -2.23. The lowest BCUT2D eigenvalue weighted by molar-refractivity contribution is 0.0657. The second-order valence-corrected chi connectivity index (χ2v) is 5.43. The van der Waals surface area contributed by atoms with Crippen molar-refractivity contribution >= 4 is 0 Å². The summed E-state index contributed by atoms with van der Waals surface area (Å²) in [5, 5.41) is 3.66. The topological polar surface area (TPSA) is 30.5 Å². The van der Waals surface area contributed by atoms with E-state index in [1.54, 1.807) is 7.11 Å². The molecule has 0 amide bonds. The molecule has 0 radical (unpaired) electrons. The maximum Gasteiger partial charge on any atom is 0.0469 e. The van der Waals surface area contributed by atoms with Gasteiger partial charge in [0.05, 0.1) is 0 Å². The van der Waals surface area contributed by atoms with Crippen LogP contribution in [0.2, 0.25) is 0 Å². The first-order valence-corrected chi connectivity index (χ1v) is 6.62. The normalized spacial score (nSPS) is 24.6. The van der Waals surface area contributed by atoms with Crippen molar-refractivity contribution < 1.29 is 9.47 Å². The van der Waals surface area contributed by atoms with E-state index in [-0.39, 0.29) is 0 Å². The van der Waals surface area contributed by atoms with E-state index < -0.39 is 0 Å². The van der Waals surface area contributed by atoms with Gasteiger partial charge in [0, 0.05) is 33.5 Å². The Morgan fingerprint density at radius 2 is 2.06 bits per heavy atom. The Hall–Kier alpha value is -0.120. The summed E-state index contributed by atoms with van der Waals surface area (Å²) in [6.07, 6.45) is 6.47. The molecule has 0 bridgehead atoms. The monoisotopic (exact) mass is 227 g/mol. The van der Waals surface area contributed by atoms with E-state index in [0.29, 0.717) is 5.41 Å². The predicted molar refractivity (Wildman–Crippen MR) is 64.6 cm³/mol. The average Bonchev–Trinajstić information content (AvgIpc) is 3.09. The van der Waals surface area contributed by atoms with Gasteiger partial charge in [0.15, 0.2) is 0 Å². The first-order chi connectivity index (χ1) is 7.85. The summed E-state index contributed by atoms with van der Waals surface area (Å²) in [5.41, 5.74) is 0.585. The molecule has 1 aliphatic heterocycles. The van der Waals surface area contributed by atoms with Crippen LogP contribution in [0.5, 0.6) is 0 Å². The molecular weight excluding hydrogens is 202 g/mol. The van der Waals surface area contributed by atoms with Gasteiger partial charge in [-0.05, 0) is 50.0 Å². The fourth-order valence-corrected chi connectivity index (χ4v) is 2.50. The highest BCUT2D eigenvalue weighted by molar-refractivity contribution is 4.94. The molecule has 0 aromatic heterocycles. The van der Waals surface area contributed by atoms with Crippen LogP contribution in [-0.2, 0) is 9.47 Å². The van der Waals surface area contributed by atoms with E-state index in [2.05, 4.69) is 5.32 Å². The molecule has 16 heavy (non-hydrogen) atoms. The molecule has 1 saturated carbocycles. The third-order valence-corrected chi connectivity index (χ3v) is 4.07. The largest absolute Gasteiger partial charge is 0.385 e. The summed E-state index contributed by atoms with van der Waals surface area (Å²) < 4.78 is 10.5. The molecular formula is C13H25NO2. The van der Waals surface area contributed by atoms with Crippen molar-refractivity contribution in [2.24, 2.45) is 11.3 Å². The van der Waals surface area contributed by atoms with E-state index >= 15 is 0 Å². The number of nitrogens with one attached hydrogen (secondary N) is 1. The summed E-state index contributed by atoms with van der Waals surface area (Å²) in [5.74, 6) is 0.840. The molecule has 0 atom stereocenters. The maximum atomic E-state index is 5.37. The summed E-state index contributed by atoms with van der Waals surface area (Å²) in [7, 11) is 1.80. The van der Waals surface area contributed by atoms with Crippen LogP contribution in [0.15, 0.2) is 0 Å². The van der Waals surface area contributed by atoms with Gasteiger partial charge in [0.25, 0.3) is 0 Å². The SMILES string of the molecule is COCCC1(CNCC2CCOCC2)CC1. The lowest BCUT2D eigenvalue weighted by Crippen LogP contribution is -2.32. The molecule has 0 unspecified atom stereocenters. The van der Waals surface area contributed by atoms with Gasteiger partial charge in [0.1, 0.15) is 0 Å². The highest BCUT2D eigenvalue weighted by Gasteiger charge is 2.41. The molecule has 0 aromatic rings. The second kappa shape index (κ2) is 5.99. The van der Waals surface area contributed by atoms with Crippen molar-refractivity contribution in [2.45, 2.75) is 32.1 Å². The average molecular weight is 227 g/mol. The number of hydrogen-bond donors (Lipinski definition) is 1. The van der Waals surface area contributed by atoms with Crippen LogP contribution in [0.3, 0.4) is 0 Å². The van der Waals surface area contributed by atoms with Gasteiger partial charge in [-0.3, -0.25) is 0 Å². The van der Waals surface area contributed by atoms with Gasteiger partial charge in [-0.15, -0.1) is 0 Å². The number of rotatable bonds is 7. The molecule has 94 valence electrons. The molecule has 1 saturated heterocycles. The first kappa shape index (κ1) is 12.3. The lowest BCUT2D eigenvalue weighted by atomic mass is 9.99. The van der Waals surface area contributed by atoms with Crippen molar-refractivity contribution in [3.8, 4) is 0 Å². The molecule has 0 spiro atoms. The fourth-order valence-electron chi connectivity index (χ4n) is 2.50. The summed E-state index contributed by atoms with van der Waals surface area (Å²) >= 11 is 0. The smallest absolute Gasteiger partial charge is 0.0469 e. The van der Waals surface area contributed by atoms with E-state index in [0.717, 1.165) is 25.7 Å². The molecule has 3 nitrogen and oxygen atoms in total. The van der Waals surface area contributed by atoms with E-state index in [1.807, 2.05) is 0 Å². The zero-order valence-corrected chi connectivity index (χ0v) is 10.5. The van der Waals surface area contributed by atoms with E-state index in [4.69, 9.17) is 9.47 Å². The second-order valence-electron chi connectivity index (χ2n) is 5.43. The zero-order valence-electron chi connectivity index (χ0n) is 10.5. The molecule has 0 aromatic carbocycles. The van der Waals surface area contributed by atoms with Gasteiger partial charge >= 0.3 is 0 Å². The quantitative estimate of drug-likeness (QED) is 0.719. The standard InChI is InChI=1S/C13H25NO2/c1-15-9-6-13(4-5-13)11-14-10-12-2-7-16-8-3-12/h12,14H,2-11H2,1H3. The summed E-state index contributed by atoms with van der Waals surface area (Å²) in [6, 6.07) is 0. The number of methoxy groups -OCH3 is 1. The Balaban J connectivity index is 1.56. The Bertz CT molecular complexity index is 198. The molecule has 1 heterocycles. The predicted octanol–water partition coefficient (Wildman–Crippen LogP) is 1.82. The zero-order chi connectivity index (χ0) is 11.3. The van der Waals surface area contributed by atoms with Crippen LogP contribution in [-0.4, -0.2) is 40.0 Å². The minimum atomic E-state index is 0.585. The van der Waals surface area contributed by atoms with E-state index in [1.165, 1.54) is 45.2 Å². The highest BCUT2D eigenvalue weighted by Crippen LogP contribution is 2.48.